The Morgan fingerprint density at radius 2 is 2.11 bits per heavy atom. The van der Waals surface area contributed by atoms with E-state index >= 15 is 0 Å². The number of nitrogens with one attached hydrogen (secondary N) is 2. The lowest BCUT2D eigenvalue weighted by Crippen LogP contribution is -2.17. The molecular weight excluding hydrogens is 284 g/mol. The highest BCUT2D eigenvalue weighted by molar-refractivity contribution is 7.16. The molecule has 0 fully saturated rings. The molecule has 5 nitrogen and oxygen atoms in total. The Kier molecular flexibility index (Phi) is 4.79. The van der Waals surface area contributed by atoms with E-state index in [0.29, 0.717) is 11.9 Å². The summed E-state index contributed by atoms with van der Waals surface area (Å²) in [5.41, 5.74) is 0. The van der Waals surface area contributed by atoms with Gasteiger partial charge in [0, 0.05) is 4.88 Å². The van der Waals surface area contributed by atoms with E-state index in [1.54, 1.807) is 0 Å². The summed E-state index contributed by atoms with van der Waals surface area (Å²) in [6.07, 6.45) is 0. The Hall–Kier alpha value is -1.11. The van der Waals surface area contributed by atoms with Crippen molar-refractivity contribution in [2.24, 2.45) is 0 Å². The first-order valence-corrected chi connectivity index (χ1v) is 7.38. The van der Waals surface area contributed by atoms with Crippen molar-refractivity contribution >= 4 is 29.0 Å². The van der Waals surface area contributed by atoms with Gasteiger partial charge in [-0.2, -0.15) is 0 Å². The maximum absolute atomic E-state index is 5.92. The van der Waals surface area contributed by atoms with Crippen LogP contribution in [0, 0.1) is 0 Å². The summed E-state index contributed by atoms with van der Waals surface area (Å²) < 4.78 is 6.35. The van der Waals surface area contributed by atoms with Crippen LogP contribution in [-0.4, -0.2) is 16.7 Å². The fourth-order valence-corrected chi connectivity index (χ4v) is 2.74. The maximum Gasteiger partial charge on any atom is 0.316 e. The average molecular weight is 301 g/mol. The molecule has 0 saturated heterocycles. The Labute approximate surface area is 121 Å². The molecule has 0 amide bonds. The van der Waals surface area contributed by atoms with E-state index in [-0.39, 0.29) is 12.1 Å². The number of halogens is 1. The van der Waals surface area contributed by atoms with Gasteiger partial charge in [0.1, 0.15) is 0 Å². The smallest absolute Gasteiger partial charge is 0.316 e. The number of thiophene rings is 1. The first kappa shape index (κ1) is 14.3. The van der Waals surface area contributed by atoms with Crippen LogP contribution in [0.2, 0.25) is 4.34 Å². The number of hydrogen-bond acceptors (Lipinski definition) is 6. The normalized spacial score (nSPS) is 14.3. The summed E-state index contributed by atoms with van der Waals surface area (Å²) in [6, 6.07) is 4.44. The molecule has 0 saturated carbocycles. The molecule has 2 unspecified atom stereocenters. The Morgan fingerprint density at radius 3 is 2.74 bits per heavy atom. The maximum atomic E-state index is 5.92. The van der Waals surface area contributed by atoms with Crippen LogP contribution in [0.5, 0.6) is 0 Å². The molecule has 0 radical (unpaired) electrons. The van der Waals surface area contributed by atoms with Crippen molar-refractivity contribution in [1.82, 2.24) is 15.5 Å². The summed E-state index contributed by atoms with van der Waals surface area (Å²) in [5, 5.41) is 14.4. The molecule has 2 aromatic heterocycles. The van der Waals surface area contributed by atoms with Gasteiger partial charge in [0.05, 0.1) is 16.4 Å². The molecule has 0 bridgehead atoms. The van der Waals surface area contributed by atoms with E-state index in [1.165, 1.54) is 11.3 Å². The molecule has 2 N–H and O–H groups in total. The number of hydrogen-bond donors (Lipinski definition) is 2. The molecule has 0 aromatic carbocycles. The van der Waals surface area contributed by atoms with E-state index < -0.39 is 0 Å². The molecule has 0 aliphatic rings. The van der Waals surface area contributed by atoms with E-state index in [0.717, 1.165) is 15.8 Å². The van der Waals surface area contributed by atoms with Gasteiger partial charge in [0.15, 0.2) is 0 Å². The minimum absolute atomic E-state index is 0.0551. The van der Waals surface area contributed by atoms with Crippen LogP contribution in [0.15, 0.2) is 16.5 Å². The summed E-state index contributed by atoms with van der Waals surface area (Å²) in [6.45, 7) is 6.91. The molecule has 104 valence electrons. The van der Waals surface area contributed by atoms with Crippen LogP contribution >= 0.6 is 22.9 Å². The summed E-state index contributed by atoms with van der Waals surface area (Å²) >= 11 is 7.46. The Balaban J connectivity index is 1.99. The molecular formula is C12H17ClN4OS. The minimum atomic E-state index is 0.0551. The first-order valence-electron chi connectivity index (χ1n) is 6.18. The zero-order chi connectivity index (χ0) is 13.8. The highest BCUT2D eigenvalue weighted by Crippen LogP contribution is 2.28. The third kappa shape index (κ3) is 3.68. The van der Waals surface area contributed by atoms with Crippen molar-refractivity contribution in [2.75, 3.05) is 11.9 Å². The second-order valence-corrected chi connectivity index (χ2v) is 5.98. The lowest BCUT2D eigenvalue weighted by molar-refractivity contribution is 0.427. The third-order valence-electron chi connectivity index (χ3n) is 2.68. The second-order valence-electron chi connectivity index (χ2n) is 4.23. The Morgan fingerprint density at radius 1 is 1.32 bits per heavy atom. The molecule has 2 heterocycles. The largest absolute Gasteiger partial charge is 0.406 e. The standard InChI is InChI=1S/C12H17ClN4OS/c1-4-14-8(3)11-16-17-12(18-11)15-7(2)9-5-6-10(13)19-9/h5-8,14H,4H2,1-3H3,(H,15,17). The molecule has 0 aliphatic heterocycles. The molecule has 7 heteroatoms. The van der Waals surface area contributed by atoms with Crippen LogP contribution in [0.3, 0.4) is 0 Å². The fraction of sp³-hybridized carbons (Fsp3) is 0.500. The van der Waals surface area contributed by atoms with Gasteiger partial charge in [-0.25, -0.2) is 0 Å². The number of anilines is 1. The van der Waals surface area contributed by atoms with Crippen molar-refractivity contribution in [3.8, 4) is 0 Å². The van der Waals surface area contributed by atoms with Gasteiger partial charge in [0.2, 0.25) is 5.89 Å². The SMILES string of the molecule is CCNC(C)c1nnc(NC(C)c2ccc(Cl)s2)o1. The number of rotatable bonds is 6. The van der Waals surface area contributed by atoms with Crippen LogP contribution in [-0.2, 0) is 0 Å². The summed E-state index contributed by atoms with van der Waals surface area (Å²) in [4.78, 5) is 1.13. The zero-order valence-corrected chi connectivity index (χ0v) is 12.7. The van der Waals surface area contributed by atoms with Gasteiger partial charge in [-0.3, -0.25) is 0 Å². The van der Waals surface area contributed by atoms with Crippen molar-refractivity contribution in [1.29, 1.82) is 0 Å². The minimum Gasteiger partial charge on any atom is -0.406 e. The zero-order valence-electron chi connectivity index (χ0n) is 11.1. The molecule has 0 spiro atoms. The van der Waals surface area contributed by atoms with Crippen LogP contribution in [0.4, 0.5) is 6.01 Å². The lowest BCUT2D eigenvalue weighted by atomic mass is 10.3. The van der Waals surface area contributed by atoms with Gasteiger partial charge in [0.25, 0.3) is 0 Å². The fourth-order valence-electron chi connectivity index (χ4n) is 1.68. The van der Waals surface area contributed by atoms with Gasteiger partial charge < -0.3 is 15.1 Å². The Bertz CT molecular complexity index is 527. The molecule has 2 aromatic rings. The van der Waals surface area contributed by atoms with Crippen molar-refractivity contribution in [3.63, 3.8) is 0 Å². The molecule has 2 rings (SSSR count). The highest BCUT2D eigenvalue weighted by Gasteiger charge is 2.15. The van der Waals surface area contributed by atoms with Crippen LogP contribution < -0.4 is 10.6 Å². The van der Waals surface area contributed by atoms with Crippen molar-refractivity contribution in [3.05, 3.63) is 27.2 Å². The molecule has 0 aliphatic carbocycles. The second kappa shape index (κ2) is 6.36. The predicted molar refractivity (Wildman–Crippen MR) is 77.8 cm³/mol. The van der Waals surface area contributed by atoms with Crippen molar-refractivity contribution < 1.29 is 4.42 Å². The van der Waals surface area contributed by atoms with E-state index in [9.17, 15) is 0 Å². The quantitative estimate of drug-likeness (QED) is 0.853. The van der Waals surface area contributed by atoms with Gasteiger partial charge >= 0.3 is 6.01 Å². The summed E-state index contributed by atoms with van der Waals surface area (Å²) in [7, 11) is 0. The lowest BCUT2D eigenvalue weighted by Gasteiger charge is -2.09. The summed E-state index contributed by atoms with van der Waals surface area (Å²) in [5.74, 6) is 0.584. The topological polar surface area (TPSA) is 63.0 Å². The third-order valence-corrected chi connectivity index (χ3v) is 4.10. The monoisotopic (exact) mass is 300 g/mol. The molecule has 2 atom stereocenters. The van der Waals surface area contributed by atoms with Gasteiger partial charge in [-0.15, -0.1) is 16.4 Å². The predicted octanol–water partition coefficient (Wildman–Crippen LogP) is 3.63. The number of aromatic nitrogens is 2. The molecule has 19 heavy (non-hydrogen) atoms. The van der Waals surface area contributed by atoms with Gasteiger partial charge in [-0.05, 0) is 32.5 Å². The van der Waals surface area contributed by atoms with E-state index in [2.05, 4.69) is 20.8 Å². The number of nitrogens with zero attached hydrogens (tertiary/aromatic N) is 2. The van der Waals surface area contributed by atoms with Gasteiger partial charge in [-0.1, -0.05) is 23.6 Å². The average Bonchev–Trinajstić information content (AvgIpc) is 2.98. The van der Waals surface area contributed by atoms with Crippen molar-refractivity contribution in [2.45, 2.75) is 32.9 Å². The highest BCUT2D eigenvalue weighted by atomic mass is 35.5. The first-order chi connectivity index (χ1) is 9.10. The van der Waals surface area contributed by atoms with E-state index in [1.807, 2.05) is 32.9 Å². The van der Waals surface area contributed by atoms with E-state index in [4.69, 9.17) is 16.0 Å². The van der Waals surface area contributed by atoms with Crippen LogP contribution in [0.1, 0.15) is 43.6 Å². The van der Waals surface area contributed by atoms with Crippen LogP contribution in [0.25, 0.3) is 0 Å².